The standard InChI is InChI=1S/C13H15NO2S/c1-3-11-8-13(11,9-14)17(15,16)12-6-4-10(2)5-7-12/h4-7,11H,3,8H2,1-2H3. The van der Waals surface area contributed by atoms with Gasteiger partial charge in [-0.15, -0.1) is 0 Å². The van der Waals surface area contributed by atoms with Gasteiger partial charge < -0.3 is 0 Å². The van der Waals surface area contributed by atoms with Crippen molar-refractivity contribution >= 4 is 9.84 Å². The summed E-state index contributed by atoms with van der Waals surface area (Å²) < 4.78 is 23.6. The van der Waals surface area contributed by atoms with Gasteiger partial charge >= 0.3 is 0 Å². The number of sulfone groups is 1. The molecule has 1 aromatic rings. The van der Waals surface area contributed by atoms with Crippen molar-refractivity contribution in [2.24, 2.45) is 5.92 Å². The molecular weight excluding hydrogens is 234 g/mol. The molecule has 17 heavy (non-hydrogen) atoms. The predicted octanol–water partition coefficient (Wildman–Crippen LogP) is 2.46. The van der Waals surface area contributed by atoms with Crippen LogP contribution in [0.2, 0.25) is 0 Å². The van der Waals surface area contributed by atoms with E-state index in [2.05, 4.69) is 0 Å². The van der Waals surface area contributed by atoms with Crippen LogP contribution in [0, 0.1) is 24.2 Å². The zero-order chi connectivity index (χ0) is 12.7. The van der Waals surface area contributed by atoms with Gasteiger partial charge in [0.25, 0.3) is 0 Å². The van der Waals surface area contributed by atoms with Crippen LogP contribution in [0.1, 0.15) is 25.3 Å². The van der Waals surface area contributed by atoms with E-state index in [1.807, 2.05) is 19.9 Å². The molecular formula is C13H15NO2S. The average molecular weight is 249 g/mol. The minimum Gasteiger partial charge on any atom is -0.222 e. The Labute approximate surface area is 102 Å². The maximum absolute atomic E-state index is 12.4. The van der Waals surface area contributed by atoms with E-state index in [-0.39, 0.29) is 10.8 Å². The molecule has 1 saturated carbocycles. The van der Waals surface area contributed by atoms with E-state index in [1.54, 1.807) is 24.3 Å². The van der Waals surface area contributed by atoms with Gasteiger partial charge in [0.15, 0.2) is 14.6 Å². The van der Waals surface area contributed by atoms with Crippen LogP contribution in [-0.4, -0.2) is 13.2 Å². The molecule has 0 amide bonds. The molecule has 0 radical (unpaired) electrons. The van der Waals surface area contributed by atoms with Crippen LogP contribution in [0.15, 0.2) is 29.2 Å². The van der Waals surface area contributed by atoms with Gasteiger partial charge in [-0.25, -0.2) is 8.42 Å². The summed E-state index contributed by atoms with van der Waals surface area (Å²) in [4.78, 5) is 0.264. The molecule has 0 N–H and O–H groups in total. The first-order chi connectivity index (χ1) is 7.98. The number of benzene rings is 1. The lowest BCUT2D eigenvalue weighted by molar-refractivity contribution is 0.581. The summed E-state index contributed by atoms with van der Waals surface area (Å²) in [7, 11) is -3.52. The third-order valence-corrected chi connectivity index (χ3v) is 5.98. The van der Waals surface area contributed by atoms with Gasteiger partial charge in [0.05, 0.1) is 11.0 Å². The van der Waals surface area contributed by atoms with E-state index in [1.165, 1.54) is 0 Å². The first-order valence-corrected chi connectivity index (χ1v) is 7.19. The zero-order valence-electron chi connectivity index (χ0n) is 9.97. The van der Waals surface area contributed by atoms with Gasteiger partial charge in [-0.05, 0) is 31.4 Å². The maximum Gasteiger partial charge on any atom is 0.197 e. The Morgan fingerprint density at radius 3 is 2.41 bits per heavy atom. The van der Waals surface area contributed by atoms with E-state index in [4.69, 9.17) is 0 Å². The molecule has 0 saturated heterocycles. The van der Waals surface area contributed by atoms with E-state index < -0.39 is 14.6 Å². The molecule has 3 nitrogen and oxygen atoms in total. The van der Waals surface area contributed by atoms with Crippen molar-refractivity contribution in [2.45, 2.75) is 36.3 Å². The van der Waals surface area contributed by atoms with Crippen molar-refractivity contribution in [2.75, 3.05) is 0 Å². The number of aryl methyl sites for hydroxylation is 1. The van der Waals surface area contributed by atoms with Crippen LogP contribution in [0.25, 0.3) is 0 Å². The number of nitriles is 1. The molecule has 4 heteroatoms. The summed E-state index contributed by atoms with van der Waals surface area (Å²) in [5, 5.41) is 9.18. The number of hydrogen-bond donors (Lipinski definition) is 0. The normalized spacial score (nSPS) is 27.5. The fourth-order valence-electron chi connectivity index (χ4n) is 2.24. The summed E-state index contributed by atoms with van der Waals surface area (Å²) in [5.41, 5.74) is 1.01. The summed E-state index contributed by atoms with van der Waals surface area (Å²) in [6, 6.07) is 8.73. The highest BCUT2D eigenvalue weighted by molar-refractivity contribution is 7.93. The molecule has 0 aromatic heterocycles. The quantitative estimate of drug-likeness (QED) is 0.826. The Bertz CT molecular complexity index is 568. The van der Waals surface area contributed by atoms with Crippen molar-refractivity contribution in [3.05, 3.63) is 29.8 Å². The van der Waals surface area contributed by atoms with Crippen molar-refractivity contribution in [3.63, 3.8) is 0 Å². The fourth-order valence-corrected chi connectivity index (χ4v) is 4.30. The monoisotopic (exact) mass is 249 g/mol. The highest BCUT2D eigenvalue weighted by atomic mass is 32.2. The van der Waals surface area contributed by atoms with E-state index in [0.29, 0.717) is 6.42 Å². The van der Waals surface area contributed by atoms with Crippen molar-refractivity contribution < 1.29 is 8.42 Å². The Morgan fingerprint density at radius 1 is 1.41 bits per heavy atom. The van der Waals surface area contributed by atoms with E-state index in [0.717, 1.165) is 12.0 Å². The van der Waals surface area contributed by atoms with Crippen molar-refractivity contribution in [1.82, 2.24) is 0 Å². The lowest BCUT2D eigenvalue weighted by Crippen LogP contribution is -2.24. The average Bonchev–Trinajstić information content (AvgIpc) is 3.05. The van der Waals surface area contributed by atoms with Gasteiger partial charge in [0.2, 0.25) is 0 Å². The number of hydrogen-bond acceptors (Lipinski definition) is 3. The van der Waals surface area contributed by atoms with E-state index >= 15 is 0 Å². The van der Waals surface area contributed by atoms with Crippen LogP contribution >= 0.6 is 0 Å². The van der Waals surface area contributed by atoms with E-state index in [9.17, 15) is 13.7 Å². The van der Waals surface area contributed by atoms with Gasteiger partial charge in [-0.1, -0.05) is 31.0 Å². The Balaban J connectivity index is 2.45. The van der Waals surface area contributed by atoms with Gasteiger partial charge in [-0.2, -0.15) is 5.26 Å². The van der Waals surface area contributed by atoms with Crippen LogP contribution in [0.5, 0.6) is 0 Å². The third-order valence-electron chi connectivity index (χ3n) is 3.54. The molecule has 1 aliphatic rings. The molecule has 0 bridgehead atoms. The highest BCUT2D eigenvalue weighted by Gasteiger charge is 2.63. The molecule has 1 aliphatic carbocycles. The zero-order valence-corrected chi connectivity index (χ0v) is 10.8. The molecule has 1 fully saturated rings. The van der Waals surface area contributed by atoms with Crippen LogP contribution in [-0.2, 0) is 9.84 Å². The molecule has 2 rings (SSSR count). The van der Waals surface area contributed by atoms with Gasteiger partial charge in [0, 0.05) is 0 Å². The summed E-state index contributed by atoms with van der Waals surface area (Å²) in [6.45, 7) is 3.83. The summed E-state index contributed by atoms with van der Waals surface area (Å²) in [6.07, 6.45) is 1.20. The lowest BCUT2D eigenvalue weighted by atomic mass is 10.2. The van der Waals surface area contributed by atoms with Crippen molar-refractivity contribution in [3.8, 4) is 6.07 Å². The largest absolute Gasteiger partial charge is 0.222 e. The molecule has 0 spiro atoms. The molecule has 2 unspecified atom stereocenters. The Kier molecular flexibility index (Phi) is 2.75. The third kappa shape index (κ3) is 1.66. The summed E-state index contributed by atoms with van der Waals surface area (Å²) in [5.74, 6) is -0.0150. The van der Waals surface area contributed by atoms with Crippen LogP contribution in [0.4, 0.5) is 0 Å². The molecule has 90 valence electrons. The first kappa shape index (κ1) is 12.1. The highest BCUT2D eigenvalue weighted by Crippen LogP contribution is 2.53. The first-order valence-electron chi connectivity index (χ1n) is 5.70. The SMILES string of the molecule is CCC1CC1(C#N)S(=O)(=O)c1ccc(C)cc1. The Hall–Kier alpha value is -1.34. The fraction of sp³-hybridized carbons (Fsp3) is 0.462. The topological polar surface area (TPSA) is 57.9 Å². The molecule has 0 aliphatic heterocycles. The molecule has 1 aromatic carbocycles. The number of nitrogens with zero attached hydrogens (tertiary/aromatic N) is 1. The van der Waals surface area contributed by atoms with Crippen LogP contribution < -0.4 is 0 Å². The Morgan fingerprint density at radius 2 is 2.00 bits per heavy atom. The minimum absolute atomic E-state index is 0.0150. The number of rotatable bonds is 3. The molecule has 2 atom stereocenters. The maximum atomic E-state index is 12.4. The van der Waals surface area contributed by atoms with Crippen LogP contribution in [0.3, 0.4) is 0 Å². The second-order valence-corrected chi connectivity index (χ2v) is 6.83. The smallest absolute Gasteiger partial charge is 0.197 e. The summed E-state index contributed by atoms with van der Waals surface area (Å²) >= 11 is 0. The van der Waals surface area contributed by atoms with Gasteiger partial charge in [-0.3, -0.25) is 0 Å². The molecule has 0 heterocycles. The minimum atomic E-state index is -3.52. The van der Waals surface area contributed by atoms with Gasteiger partial charge in [0.1, 0.15) is 0 Å². The second-order valence-electron chi connectivity index (χ2n) is 4.63. The second kappa shape index (κ2) is 3.85. The lowest BCUT2D eigenvalue weighted by Gasteiger charge is -2.10. The van der Waals surface area contributed by atoms with Crippen molar-refractivity contribution in [1.29, 1.82) is 5.26 Å². The predicted molar refractivity (Wildman–Crippen MR) is 65.1 cm³/mol.